The number of benzene rings is 2. The zero-order valence-electron chi connectivity index (χ0n) is 14.7. The summed E-state index contributed by atoms with van der Waals surface area (Å²) in [4.78, 5) is 25.2. The third kappa shape index (κ3) is 3.31. The summed E-state index contributed by atoms with van der Waals surface area (Å²) >= 11 is 0. The van der Waals surface area contributed by atoms with Crippen LogP contribution in [0.3, 0.4) is 0 Å². The van der Waals surface area contributed by atoms with E-state index in [4.69, 9.17) is 4.74 Å². The van der Waals surface area contributed by atoms with Crippen LogP contribution in [-0.4, -0.2) is 17.6 Å². The van der Waals surface area contributed by atoms with Gasteiger partial charge in [0.15, 0.2) is 0 Å². The van der Waals surface area contributed by atoms with Crippen molar-refractivity contribution in [3.63, 3.8) is 0 Å². The standard InChI is InChI=1S/C20H19FN2O3/c1-12(13-4-7-15(26-3)8-5-13)22-20(25)17-11-23(2)18-9-6-14(21)10-16(18)19(17)24/h4-12H,1-3H3,(H,22,25). The monoisotopic (exact) mass is 354 g/mol. The minimum atomic E-state index is -0.515. The van der Waals surface area contributed by atoms with Crippen molar-refractivity contribution in [2.75, 3.05) is 7.11 Å². The number of ether oxygens (including phenoxy) is 1. The van der Waals surface area contributed by atoms with Crippen LogP contribution in [0.15, 0.2) is 53.5 Å². The van der Waals surface area contributed by atoms with Crippen LogP contribution in [0.5, 0.6) is 5.75 Å². The van der Waals surface area contributed by atoms with Gasteiger partial charge in [-0.15, -0.1) is 0 Å². The number of carbonyl (C=O) groups is 1. The van der Waals surface area contributed by atoms with E-state index in [1.54, 1.807) is 30.9 Å². The van der Waals surface area contributed by atoms with E-state index in [1.807, 2.05) is 19.1 Å². The summed E-state index contributed by atoms with van der Waals surface area (Å²) in [6, 6.07) is 10.9. The Hall–Kier alpha value is -3.15. The molecule has 0 bridgehead atoms. The van der Waals surface area contributed by atoms with Crippen LogP contribution in [0.25, 0.3) is 10.9 Å². The molecule has 0 saturated heterocycles. The van der Waals surface area contributed by atoms with E-state index >= 15 is 0 Å². The largest absolute Gasteiger partial charge is 0.497 e. The molecule has 1 atom stereocenters. The average molecular weight is 354 g/mol. The zero-order valence-corrected chi connectivity index (χ0v) is 14.7. The average Bonchev–Trinajstić information content (AvgIpc) is 2.64. The molecule has 0 aliphatic heterocycles. The summed E-state index contributed by atoms with van der Waals surface area (Å²) in [5.41, 5.74) is 0.932. The van der Waals surface area contributed by atoms with Crippen molar-refractivity contribution >= 4 is 16.8 Å². The van der Waals surface area contributed by atoms with E-state index in [9.17, 15) is 14.0 Å². The first-order chi connectivity index (χ1) is 12.4. The molecule has 1 amide bonds. The number of halogens is 1. The van der Waals surface area contributed by atoms with Crippen molar-refractivity contribution < 1.29 is 13.9 Å². The van der Waals surface area contributed by atoms with Crippen LogP contribution < -0.4 is 15.5 Å². The highest BCUT2D eigenvalue weighted by Crippen LogP contribution is 2.18. The SMILES string of the molecule is COc1ccc(C(C)NC(=O)c2cn(C)c3ccc(F)cc3c2=O)cc1. The fourth-order valence-electron chi connectivity index (χ4n) is 2.88. The van der Waals surface area contributed by atoms with Gasteiger partial charge >= 0.3 is 0 Å². The van der Waals surface area contributed by atoms with Crippen LogP contribution >= 0.6 is 0 Å². The first-order valence-electron chi connectivity index (χ1n) is 8.14. The molecular weight excluding hydrogens is 335 g/mol. The number of nitrogens with one attached hydrogen (secondary N) is 1. The summed E-state index contributed by atoms with van der Waals surface area (Å²) in [5.74, 6) is -0.295. The Balaban J connectivity index is 1.92. The zero-order chi connectivity index (χ0) is 18.8. The topological polar surface area (TPSA) is 60.3 Å². The van der Waals surface area contributed by atoms with Crippen LogP contribution in [0, 0.1) is 5.82 Å². The molecule has 26 heavy (non-hydrogen) atoms. The van der Waals surface area contributed by atoms with Crippen LogP contribution in [0.4, 0.5) is 4.39 Å². The summed E-state index contributed by atoms with van der Waals surface area (Å²) in [6.07, 6.45) is 1.47. The molecule has 3 aromatic rings. The van der Waals surface area contributed by atoms with E-state index < -0.39 is 17.2 Å². The molecule has 0 aliphatic carbocycles. The number of pyridine rings is 1. The Labute approximate surface area is 150 Å². The summed E-state index contributed by atoms with van der Waals surface area (Å²) in [5, 5.41) is 2.99. The maximum absolute atomic E-state index is 13.5. The molecule has 0 fully saturated rings. The lowest BCUT2D eigenvalue weighted by Gasteiger charge is -2.15. The van der Waals surface area contributed by atoms with Gasteiger partial charge in [0.05, 0.1) is 18.7 Å². The number of aromatic nitrogens is 1. The Morgan fingerprint density at radius 3 is 2.54 bits per heavy atom. The maximum Gasteiger partial charge on any atom is 0.257 e. The molecule has 5 nitrogen and oxygen atoms in total. The number of hydrogen-bond acceptors (Lipinski definition) is 3. The molecule has 0 saturated carbocycles. The van der Waals surface area contributed by atoms with Gasteiger partial charge in [-0.1, -0.05) is 12.1 Å². The number of rotatable bonds is 4. The second-order valence-electron chi connectivity index (χ2n) is 6.11. The predicted molar refractivity (Wildman–Crippen MR) is 98.0 cm³/mol. The van der Waals surface area contributed by atoms with E-state index in [0.717, 1.165) is 17.4 Å². The Morgan fingerprint density at radius 1 is 1.19 bits per heavy atom. The van der Waals surface area contributed by atoms with Gasteiger partial charge in [-0.05, 0) is 42.8 Å². The van der Waals surface area contributed by atoms with Gasteiger partial charge in [-0.2, -0.15) is 0 Å². The molecule has 1 unspecified atom stereocenters. The summed E-state index contributed by atoms with van der Waals surface area (Å²) in [7, 11) is 3.29. The Kier molecular flexibility index (Phi) is 4.75. The van der Waals surface area contributed by atoms with E-state index in [1.165, 1.54) is 18.3 Å². The fraction of sp³-hybridized carbons (Fsp3) is 0.200. The molecule has 1 N–H and O–H groups in total. The first kappa shape index (κ1) is 17.7. The van der Waals surface area contributed by atoms with Crippen molar-refractivity contribution in [1.82, 2.24) is 9.88 Å². The lowest BCUT2D eigenvalue weighted by Crippen LogP contribution is -2.31. The third-order valence-corrected chi connectivity index (χ3v) is 4.36. The number of hydrogen-bond donors (Lipinski definition) is 1. The fourth-order valence-corrected chi connectivity index (χ4v) is 2.88. The van der Waals surface area contributed by atoms with Gasteiger partial charge in [-0.3, -0.25) is 9.59 Å². The number of methoxy groups -OCH3 is 1. The van der Waals surface area contributed by atoms with Gasteiger partial charge in [0.25, 0.3) is 5.91 Å². The normalized spacial score (nSPS) is 12.0. The smallest absolute Gasteiger partial charge is 0.257 e. The highest BCUT2D eigenvalue weighted by molar-refractivity contribution is 5.97. The molecular formula is C20H19FN2O3. The second-order valence-corrected chi connectivity index (χ2v) is 6.11. The highest BCUT2D eigenvalue weighted by Gasteiger charge is 2.17. The Bertz CT molecular complexity index is 1030. The predicted octanol–water partition coefficient (Wildman–Crippen LogP) is 3.18. The molecule has 1 aromatic heterocycles. The van der Waals surface area contributed by atoms with Gasteiger partial charge in [0.1, 0.15) is 17.1 Å². The quantitative estimate of drug-likeness (QED) is 0.783. The molecule has 0 radical (unpaired) electrons. The minimum absolute atomic E-state index is 0.0223. The lowest BCUT2D eigenvalue weighted by atomic mass is 10.1. The molecule has 2 aromatic carbocycles. The number of aryl methyl sites for hydroxylation is 1. The number of carbonyl (C=O) groups excluding carboxylic acids is 1. The lowest BCUT2D eigenvalue weighted by molar-refractivity contribution is 0.0938. The maximum atomic E-state index is 13.5. The van der Waals surface area contributed by atoms with Crippen molar-refractivity contribution in [2.45, 2.75) is 13.0 Å². The highest BCUT2D eigenvalue weighted by atomic mass is 19.1. The van der Waals surface area contributed by atoms with Crippen LogP contribution in [-0.2, 0) is 7.05 Å². The van der Waals surface area contributed by atoms with Crippen molar-refractivity contribution in [3.8, 4) is 5.75 Å². The van der Waals surface area contributed by atoms with Crippen LogP contribution in [0.1, 0.15) is 28.9 Å². The Morgan fingerprint density at radius 2 is 1.88 bits per heavy atom. The molecule has 134 valence electrons. The summed E-state index contributed by atoms with van der Waals surface area (Å²) in [6.45, 7) is 1.82. The minimum Gasteiger partial charge on any atom is -0.497 e. The first-order valence-corrected chi connectivity index (χ1v) is 8.14. The van der Waals surface area contributed by atoms with Crippen molar-refractivity contribution in [1.29, 1.82) is 0 Å². The van der Waals surface area contributed by atoms with Gasteiger partial charge < -0.3 is 14.6 Å². The molecule has 0 spiro atoms. The van der Waals surface area contributed by atoms with Crippen LogP contribution in [0.2, 0.25) is 0 Å². The molecule has 3 rings (SSSR count). The van der Waals surface area contributed by atoms with E-state index in [-0.39, 0.29) is 17.0 Å². The van der Waals surface area contributed by atoms with Gasteiger partial charge in [-0.25, -0.2) is 4.39 Å². The van der Waals surface area contributed by atoms with E-state index in [0.29, 0.717) is 5.52 Å². The molecule has 1 heterocycles. The molecule has 6 heteroatoms. The number of amides is 1. The summed E-state index contributed by atoms with van der Waals surface area (Å²) < 4.78 is 20.3. The van der Waals surface area contributed by atoms with Crippen molar-refractivity contribution in [3.05, 3.63) is 75.8 Å². The van der Waals surface area contributed by atoms with Gasteiger partial charge in [0.2, 0.25) is 5.43 Å². The van der Waals surface area contributed by atoms with Gasteiger partial charge in [0, 0.05) is 18.6 Å². The number of nitrogens with zero attached hydrogens (tertiary/aromatic N) is 1. The third-order valence-electron chi connectivity index (χ3n) is 4.36. The molecule has 0 aliphatic rings. The van der Waals surface area contributed by atoms with E-state index in [2.05, 4.69) is 5.32 Å². The van der Waals surface area contributed by atoms with Crippen molar-refractivity contribution in [2.24, 2.45) is 7.05 Å². The second kappa shape index (κ2) is 7.00. The number of fused-ring (bicyclic) bond motifs is 1.